The third kappa shape index (κ3) is 5.56. The standard InChI is InChI=1S/C30H34N6O4S/c1-3-40-30(37)27-18-31-36(29(27)17-23-16-26(23)28-20-34(2)33-32-28)24-11-7-9-21(15-24)22-10-8-14-35(19-22)41(38,39)25-12-5-4-6-13-25/h4-7,9,11-13,15,18,20,22-23,26H,3,8,10,14,16-17,19H2,1-2H3/t22?,23?,26-/m1/s1. The minimum Gasteiger partial charge on any atom is -0.462 e. The van der Waals surface area contributed by atoms with E-state index in [9.17, 15) is 13.2 Å². The molecule has 1 saturated heterocycles. The summed E-state index contributed by atoms with van der Waals surface area (Å²) in [4.78, 5) is 13.2. The number of carbonyl (C=O) groups is 1. The number of nitrogens with zero attached hydrogens (tertiary/aromatic N) is 6. The Kier molecular flexibility index (Phi) is 7.48. The molecule has 2 aromatic carbocycles. The van der Waals surface area contributed by atoms with Crippen LogP contribution in [0.25, 0.3) is 5.69 Å². The lowest BCUT2D eigenvalue weighted by Gasteiger charge is -2.32. The predicted octanol–water partition coefficient (Wildman–Crippen LogP) is 4.09. The zero-order chi connectivity index (χ0) is 28.6. The molecular weight excluding hydrogens is 540 g/mol. The van der Waals surface area contributed by atoms with Crippen LogP contribution in [0.5, 0.6) is 0 Å². The van der Waals surface area contributed by atoms with Crippen molar-refractivity contribution in [3.05, 3.63) is 89.5 Å². The van der Waals surface area contributed by atoms with E-state index in [1.807, 2.05) is 42.2 Å². The summed E-state index contributed by atoms with van der Waals surface area (Å²) in [6.07, 6.45) is 6.85. The molecule has 2 aliphatic rings. The van der Waals surface area contributed by atoms with E-state index < -0.39 is 10.0 Å². The largest absolute Gasteiger partial charge is 0.462 e. The first-order valence-electron chi connectivity index (χ1n) is 14.1. The highest BCUT2D eigenvalue weighted by Crippen LogP contribution is 2.49. The Balaban J connectivity index is 1.27. The molecule has 0 radical (unpaired) electrons. The molecule has 6 rings (SSSR count). The van der Waals surface area contributed by atoms with Gasteiger partial charge in [0.2, 0.25) is 10.0 Å². The molecule has 2 fully saturated rings. The number of hydrogen-bond acceptors (Lipinski definition) is 7. The van der Waals surface area contributed by atoms with E-state index in [1.54, 1.807) is 46.4 Å². The van der Waals surface area contributed by atoms with Gasteiger partial charge in [-0.15, -0.1) is 5.10 Å². The maximum absolute atomic E-state index is 13.3. The Morgan fingerprint density at radius 3 is 2.71 bits per heavy atom. The highest BCUT2D eigenvalue weighted by molar-refractivity contribution is 7.89. The van der Waals surface area contributed by atoms with Gasteiger partial charge in [0.15, 0.2) is 0 Å². The van der Waals surface area contributed by atoms with Gasteiger partial charge in [0.1, 0.15) is 5.56 Å². The maximum Gasteiger partial charge on any atom is 0.341 e. The Bertz CT molecular complexity index is 1650. The smallest absolute Gasteiger partial charge is 0.341 e. The number of benzene rings is 2. The second-order valence-corrected chi connectivity index (χ2v) is 12.8. The molecule has 0 bridgehead atoms. The van der Waals surface area contributed by atoms with E-state index >= 15 is 0 Å². The van der Waals surface area contributed by atoms with Crippen LogP contribution in [0.2, 0.25) is 0 Å². The fourth-order valence-electron chi connectivity index (χ4n) is 5.88. The Morgan fingerprint density at radius 2 is 1.95 bits per heavy atom. The summed E-state index contributed by atoms with van der Waals surface area (Å²) in [6.45, 7) is 3.01. The summed E-state index contributed by atoms with van der Waals surface area (Å²) in [6, 6.07) is 16.7. The highest BCUT2D eigenvalue weighted by atomic mass is 32.2. The van der Waals surface area contributed by atoms with Gasteiger partial charge in [-0.2, -0.15) is 9.40 Å². The lowest BCUT2D eigenvalue weighted by molar-refractivity contribution is 0.0525. The van der Waals surface area contributed by atoms with Crippen molar-refractivity contribution in [1.82, 2.24) is 29.1 Å². The monoisotopic (exact) mass is 574 g/mol. The van der Waals surface area contributed by atoms with Crippen molar-refractivity contribution in [3.8, 4) is 5.69 Å². The van der Waals surface area contributed by atoms with Gasteiger partial charge in [-0.25, -0.2) is 17.9 Å². The third-order valence-corrected chi connectivity index (χ3v) is 9.97. The van der Waals surface area contributed by atoms with E-state index in [0.29, 0.717) is 41.8 Å². The van der Waals surface area contributed by atoms with Crippen LogP contribution in [0.4, 0.5) is 0 Å². The van der Waals surface area contributed by atoms with Crippen LogP contribution in [0.15, 0.2) is 71.9 Å². The minimum atomic E-state index is -3.56. The number of ether oxygens (including phenoxy) is 1. The average Bonchev–Trinajstić information content (AvgIpc) is 3.41. The van der Waals surface area contributed by atoms with Gasteiger partial charge < -0.3 is 4.74 Å². The number of aryl methyl sites for hydroxylation is 1. The van der Waals surface area contributed by atoms with Gasteiger partial charge in [-0.3, -0.25) is 4.68 Å². The highest BCUT2D eigenvalue weighted by Gasteiger charge is 2.42. The zero-order valence-electron chi connectivity index (χ0n) is 23.3. The first-order valence-corrected chi connectivity index (χ1v) is 15.5. The van der Waals surface area contributed by atoms with Crippen LogP contribution < -0.4 is 0 Å². The molecule has 10 nitrogen and oxygen atoms in total. The first-order chi connectivity index (χ1) is 19.8. The lowest BCUT2D eigenvalue weighted by atomic mass is 9.91. The van der Waals surface area contributed by atoms with Crippen LogP contribution in [0, 0.1) is 5.92 Å². The minimum absolute atomic E-state index is 0.0511. The summed E-state index contributed by atoms with van der Waals surface area (Å²) >= 11 is 0. The summed E-state index contributed by atoms with van der Waals surface area (Å²) in [5.41, 5.74) is 4.15. The van der Waals surface area contributed by atoms with E-state index in [1.165, 1.54) is 0 Å². The van der Waals surface area contributed by atoms with Crippen molar-refractivity contribution in [3.63, 3.8) is 0 Å². The summed E-state index contributed by atoms with van der Waals surface area (Å²) in [5.74, 6) is 0.299. The fraction of sp³-hybridized carbons (Fsp3) is 0.400. The summed E-state index contributed by atoms with van der Waals surface area (Å²) in [7, 11) is -1.70. The van der Waals surface area contributed by atoms with Gasteiger partial charge in [0.25, 0.3) is 0 Å². The zero-order valence-corrected chi connectivity index (χ0v) is 24.1. The average molecular weight is 575 g/mol. The number of rotatable bonds is 9. The van der Waals surface area contributed by atoms with Gasteiger partial charge >= 0.3 is 5.97 Å². The second-order valence-electron chi connectivity index (χ2n) is 10.9. The van der Waals surface area contributed by atoms with Crippen molar-refractivity contribution in [2.75, 3.05) is 19.7 Å². The molecule has 11 heteroatoms. The topological polar surface area (TPSA) is 112 Å². The molecule has 1 aliphatic carbocycles. The van der Waals surface area contributed by atoms with E-state index in [0.717, 1.165) is 41.9 Å². The van der Waals surface area contributed by atoms with Gasteiger partial charge in [-0.05, 0) is 74.3 Å². The number of sulfonamides is 1. The van der Waals surface area contributed by atoms with E-state index in [4.69, 9.17) is 4.74 Å². The molecule has 0 amide bonds. The van der Waals surface area contributed by atoms with Crippen LogP contribution in [-0.4, -0.2) is 63.2 Å². The Labute approximate surface area is 240 Å². The van der Waals surface area contributed by atoms with E-state index in [2.05, 4.69) is 21.5 Å². The number of esters is 1. The van der Waals surface area contributed by atoms with Crippen LogP contribution in [0.1, 0.15) is 65.3 Å². The molecular formula is C30H34N6O4S. The normalized spacial score (nSPS) is 21.1. The van der Waals surface area contributed by atoms with Crippen LogP contribution >= 0.6 is 0 Å². The predicted molar refractivity (Wildman–Crippen MR) is 152 cm³/mol. The van der Waals surface area contributed by atoms with Gasteiger partial charge in [0.05, 0.1) is 34.8 Å². The van der Waals surface area contributed by atoms with Gasteiger partial charge in [0, 0.05) is 32.3 Å². The molecule has 3 heterocycles. The molecule has 2 unspecified atom stereocenters. The number of piperidine rings is 1. The molecule has 214 valence electrons. The van der Waals surface area contributed by atoms with E-state index in [-0.39, 0.29) is 18.5 Å². The molecule has 0 spiro atoms. The number of hydrogen-bond donors (Lipinski definition) is 0. The number of carbonyl (C=O) groups excluding carboxylic acids is 1. The van der Waals surface area contributed by atoms with Crippen LogP contribution in [-0.2, 0) is 28.2 Å². The first kappa shape index (κ1) is 27.3. The molecule has 41 heavy (non-hydrogen) atoms. The van der Waals surface area contributed by atoms with Crippen molar-refractivity contribution in [1.29, 1.82) is 0 Å². The molecule has 3 atom stereocenters. The SMILES string of the molecule is CCOC(=O)c1cnn(-c2cccc(C3CCCN(S(=O)(=O)c4ccccc4)C3)c2)c1CC1C[C@H]1c1cn(C)nn1. The third-order valence-electron chi connectivity index (χ3n) is 8.09. The fourth-order valence-corrected chi connectivity index (χ4v) is 7.42. The lowest BCUT2D eigenvalue weighted by Crippen LogP contribution is -2.39. The maximum atomic E-state index is 13.3. The summed E-state index contributed by atoms with van der Waals surface area (Å²) in [5, 5.41) is 13.0. The van der Waals surface area contributed by atoms with Crippen molar-refractivity contribution in [2.45, 2.75) is 49.3 Å². The Hall–Kier alpha value is -3.83. The van der Waals surface area contributed by atoms with Crippen molar-refractivity contribution < 1.29 is 17.9 Å². The second kappa shape index (κ2) is 11.2. The molecule has 1 aliphatic heterocycles. The van der Waals surface area contributed by atoms with Gasteiger partial charge in [-0.1, -0.05) is 35.5 Å². The summed E-state index contributed by atoms with van der Waals surface area (Å²) < 4.78 is 37.1. The number of aromatic nitrogens is 5. The van der Waals surface area contributed by atoms with Crippen molar-refractivity contribution >= 4 is 16.0 Å². The quantitative estimate of drug-likeness (QED) is 0.277. The molecule has 4 aromatic rings. The Morgan fingerprint density at radius 1 is 1.12 bits per heavy atom. The van der Waals surface area contributed by atoms with Crippen LogP contribution in [0.3, 0.4) is 0 Å². The van der Waals surface area contributed by atoms with Crippen molar-refractivity contribution in [2.24, 2.45) is 13.0 Å². The molecule has 2 aromatic heterocycles. The molecule has 0 N–H and O–H groups in total. The molecule has 1 saturated carbocycles.